The average Bonchev–Trinajstić information content (AvgIpc) is 2.50. The van der Waals surface area contributed by atoms with Gasteiger partial charge in [-0.1, -0.05) is 12.8 Å². The second kappa shape index (κ2) is 6.35. The lowest BCUT2D eigenvalue weighted by atomic mass is 10.1. The van der Waals surface area contributed by atoms with E-state index in [1.54, 1.807) is 20.8 Å². The van der Waals surface area contributed by atoms with Gasteiger partial charge in [-0.3, -0.25) is 4.79 Å². The van der Waals surface area contributed by atoms with Crippen molar-refractivity contribution in [2.24, 2.45) is 11.7 Å². The van der Waals surface area contributed by atoms with Crippen LogP contribution in [0.5, 0.6) is 0 Å². The smallest absolute Gasteiger partial charge is 0.405 e. The Labute approximate surface area is 96.0 Å². The van der Waals surface area contributed by atoms with Gasteiger partial charge in [0.05, 0.1) is 5.92 Å². The molecule has 0 saturated heterocycles. The van der Waals surface area contributed by atoms with E-state index in [2.05, 4.69) is 4.74 Å². The highest BCUT2D eigenvalue weighted by Gasteiger charge is 2.21. The van der Waals surface area contributed by atoms with Gasteiger partial charge in [0.1, 0.15) is 5.60 Å². The van der Waals surface area contributed by atoms with Crippen molar-refractivity contribution < 1.29 is 19.4 Å². The summed E-state index contributed by atoms with van der Waals surface area (Å²) >= 11 is 0. The van der Waals surface area contributed by atoms with Crippen molar-refractivity contribution >= 4 is 12.1 Å². The number of aliphatic carboxylic acids is 1. The topological polar surface area (TPSA) is 89.6 Å². The predicted molar refractivity (Wildman–Crippen MR) is 60.0 cm³/mol. The summed E-state index contributed by atoms with van der Waals surface area (Å²) in [5.74, 6) is -0.627. The Kier molecular flexibility index (Phi) is 5.85. The van der Waals surface area contributed by atoms with E-state index in [-0.39, 0.29) is 5.92 Å². The quantitative estimate of drug-likeness (QED) is 0.723. The number of hydrogen-bond acceptors (Lipinski definition) is 3. The lowest BCUT2D eigenvalue weighted by molar-refractivity contribution is -0.141. The first-order valence-corrected chi connectivity index (χ1v) is 5.43. The van der Waals surface area contributed by atoms with Gasteiger partial charge in [0.25, 0.3) is 0 Å². The van der Waals surface area contributed by atoms with E-state index in [9.17, 15) is 9.59 Å². The van der Waals surface area contributed by atoms with E-state index in [0.29, 0.717) is 0 Å². The van der Waals surface area contributed by atoms with Crippen LogP contribution in [-0.2, 0) is 9.53 Å². The Hall–Kier alpha value is -1.26. The van der Waals surface area contributed by atoms with Crippen LogP contribution in [0.1, 0.15) is 46.5 Å². The van der Waals surface area contributed by atoms with E-state index in [1.807, 2.05) is 0 Å². The number of nitrogens with two attached hydrogens (primary N) is 1. The molecule has 16 heavy (non-hydrogen) atoms. The number of hydrogen-bond donors (Lipinski definition) is 2. The molecular weight excluding hydrogens is 210 g/mol. The van der Waals surface area contributed by atoms with Crippen molar-refractivity contribution in [2.75, 3.05) is 0 Å². The molecule has 0 spiro atoms. The maximum absolute atomic E-state index is 10.2. The maximum atomic E-state index is 10.2. The van der Waals surface area contributed by atoms with Crippen LogP contribution in [0.2, 0.25) is 0 Å². The average molecular weight is 231 g/mol. The van der Waals surface area contributed by atoms with Crippen molar-refractivity contribution in [1.82, 2.24) is 0 Å². The molecule has 1 fully saturated rings. The number of carbonyl (C=O) groups excluding carboxylic acids is 1. The van der Waals surface area contributed by atoms with Gasteiger partial charge in [0.2, 0.25) is 0 Å². The van der Waals surface area contributed by atoms with Crippen molar-refractivity contribution in [2.45, 2.75) is 52.1 Å². The Bertz CT molecular complexity index is 239. The molecule has 3 N–H and O–H groups in total. The number of ether oxygens (including phenoxy) is 1. The summed E-state index contributed by atoms with van der Waals surface area (Å²) in [4.78, 5) is 20.2. The Morgan fingerprint density at radius 3 is 1.81 bits per heavy atom. The molecule has 0 aromatic carbocycles. The number of amides is 1. The van der Waals surface area contributed by atoms with E-state index >= 15 is 0 Å². The molecule has 0 unspecified atom stereocenters. The SMILES string of the molecule is CC(C)(C)OC(N)=O.O=C(O)C1CCCC1. The van der Waals surface area contributed by atoms with Crippen LogP contribution in [0.25, 0.3) is 0 Å². The van der Waals surface area contributed by atoms with Crippen molar-refractivity contribution in [3.63, 3.8) is 0 Å². The zero-order valence-electron chi connectivity index (χ0n) is 10.2. The molecule has 1 aliphatic carbocycles. The lowest BCUT2D eigenvalue weighted by Crippen LogP contribution is -2.27. The summed E-state index contributed by atoms with van der Waals surface area (Å²) in [6.45, 7) is 5.28. The lowest BCUT2D eigenvalue weighted by Gasteiger charge is -2.16. The number of primary amides is 1. The number of rotatable bonds is 1. The fourth-order valence-corrected chi connectivity index (χ4v) is 1.47. The zero-order chi connectivity index (χ0) is 12.8. The van der Waals surface area contributed by atoms with E-state index in [4.69, 9.17) is 10.8 Å². The number of carbonyl (C=O) groups is 2. The molecule has 1 rings (SSSR count). The van der Waals surface area contributed by atoms with Crippen LogP contribution in [0.3, 0.4) is 0 Å². The standard InChI is InChI=1S/C6H10O2.C5H11NO2/c7-6(8)5-3-1-2-4-5;1-5(2,3)8-4(6)7/h5H,1-4H2,(H,7,8);1-3H3,(H2,6,7). The van der Waals surface area contributed by atoms with Gasteiger partial charge < -0.3 is 15.6 Å². The molecule has 0 aromatic heterocycles. The molecule has 0 aromatic rings. The second-order valence-electron chi connectivity index (χ2n) is 4.85. The third kappa shape index (κ3) is 8.08. The molecular formula is C11H21NO4. The monoisotopic (exact) mass is 231 g/mol. The molecule has 0 bridgehead atoms. The summed E-state index contributed by atoms with van der Waals surface area (Å²) < 4.78 is 4.58. The fourth-order valence-electron chi connectivity index (χ4n) is 1.47. The van der Waals surface area contributed by atoms with Gasteiger partial charge in [0, 0.05) is 0 Å². The third-order valence-corrected chi connectivity index (χ3v) is 2.11. The largest absolute Gasteiger partial charge is 0.481 e. The molecule has 0 heterocycles. The highest BCUT2D eigenvalue weighted by molar-refractivity contribution is 5.70. The minimum atomic E-state index is -0.725. The van der Waals surface area contributed by atoms with Crippen LogP contribution >= 0.6 is 0 Å². The summed E-state index contributed by atoms with van der Waals surface area (Å²) in [6.07, 6.45) is 3.29. The molecule has 94 valence electrons. The molecule has 5 nitrogen and oxygen atoms in total. The van der Waals surface area contributed by atoms with Crippen molar-refractivity contribution in [3.8, 4) is 0 Å². The van der Waals surface area contributed by atoms with Crippen LogP contribution in [0, 0.1) is 5.92 Å². The molecule has 0 radical (unpaired) electrons. The van der Waals surface area contributed by atoms with Gasteiger partial charge in [-0.2, -0.15) is 0 Å². The van der Waals surface area contributed by atoms with Gasteiger partial charge >= 0.3 is 12.1 Å². The first kappa shape index (κ1) is 14.7. The molecule has 1 aliphatic rings. The molecule has 0 atom stereocenters. The van der Waals surface area contributed by atoms with Crippen molar-refractivity contribution in [1.29, 1.82) is 0 Å². The van der Waals surface area contributed by atoms with E-state index in [0.717, 1.165) is 25.7 Å². The minimum absolute atomic E-state index is 0.0185. The summed E-state index contributed by atoms with van der Waals surface area (Å²) in [6, 6.07) is 0. The summed E-state index contributed by atoms with van der Waals surface area (Å²) in [7, 11) is 0. The molecule has 1 amide bonds. The molecule has 5 heteroatoms. The van der Waals surface area contributed by atoms with E-state index in [1.165, 1.54) is 0 Å². The number of carboxylic acids is 1. The predicted octanol–water partition coefficient (Wildman–Crippen LogP) is 2.14. The fraction of sp³-hybridized carbons (Fsp3) is 0.818. The van der Waals surface area contributed by atoms with Gasteiger partial charge in [0.15, 0.2) is 0 Å². The Morgan fingerprint density at radius 1 is 1.25 bits per heavy atom. The molecule has 0 aliphatic heterocycles. The zero-order valence-corrected chi connectivity index (χ0v) is 10.2. The first-order chi connectivity index (χ1) is 7.22. The van der Waals surface area contributed by atoms with Crippen LogP contribution in [0.4, 0.5) is 4.79 Å². The second-order valence-corrected chi connectivity index (χ2v) is 4.85. The molecule has 1 saturated carbocycles. The van der Waals surface area contributed by atoms with Gasteiger partial charge in [-0.05, 0) is 33.6 Å². The van der Waals surface area contributed by atoms with Crippen LogP contribution < -0.4 is 5.73 Å². The maximum Gasteiger partial charge on any atom is 0.405 e. The minimum Gasteiger partial charge on any atom is -0.481 e. The highest BCUT2D eigenvalue weighted by Crippen LogP contribution is 2.24. The van der Waals surface area contributed by atoms with Crippen LogP contribution in [0.15, 0.2) is 0 Å². The summed E-state index contributed by atoms with van der Waals surface area (Å²) in [5, 5.41) is 8.41. The Morgan fingerprint density at radius 2 is 1.69 bits per heavy atom. The van der Waals surface area contributed by atoms with Crippen molar-refractivity contribution in [3.05, 3.63) is 0 Å². The highest BCUT2D eigenvalue weighted by atomic mass is 16.6. The normalized spacial score (nSPS) is 16.2. The van der Waals surface area contributed by atoms with E-state index < -0.39 is 17.7 Å². The van der Waals surface area contributed by atoms with Gasteiger partial charge in [-0.15, -0.1) is 0 Å². The number of carboxylic acid groups (broad SMARTS) is 1. The van der Waals surface area contributed by atoms with Crippen LogP contribution in [-0.4, -0.2) is 22.8 Å². The first-order valence-electron chi connectivity index (χ1n) is 5.43. The third-order valence-electron chi connectivity index (χ3n) is 2.11. The van der Waals surface area contributed by atoms with Gasteiger partial charge in [-0.25, -0.2) is 4.79 Å². The Balaban J connectivity index is 0.000000281. The summed E-state index contributed by atoms with van der Waals surface area (Å²) in [5.41, 5.74) is 4.26.